The Hall–Kier alpha value is -3.45. The summed E-state index contributed by atoms with van der Waals surface area (Å²) in [6.07, 6.45) is 2.92. The van der Waals surface area contributed by atoms with E-state index in [1.807, 2.05) is 72.0 Å². The van der Waals surface area contributed by atoms with Crippen molar-refractivity contribution < 1.29 is 9.59 Å². The minimum atomic E-state index is -0.0205. The van der Waals surface area contributed by atoms with E-state index in [0.29, 0.717) is 38.4 Å². The third-order valence-electron chi connectivity index (χ3n) is 7.04. The molecule has 1 saturated heterocycles. The molecule has 7 heteroatoms. The van der Waals surface area contributed by atoms with E-state index in [-0.39, 0.29) is 11.8 Å². The standard InChI is InChI=1S/C27H31N5O2/c1-19-8-6-12-23(20(19)2)28-25(33)18-30-14-16-31(17-15-30)27(34)26-22-11-7-13-24(22)32(29-26)21-9-4-3-5-10-21/h3-6,8-10,12H,7,11,13-18H2,1-2H3,(H,28,33). The van der Waals surface area contributed by atoms with Gasteiger partial charge in [-0.3, -0.25) is 14.5 Å². The first-order chi connectivity index (χ1) is 16.5. The number of nitrogens with one attached hydrogen (secondary N) is 1. The molecule has 1 aliphatic carbocycles. The monoisotopic (exact) mass is 457 g/mol. The molecule has 2 aliphatic rings. The quantitative estimate of drug-likeness (QED) is 0.638. The van der Waals surface area contributed by atoms with Crippen LogP contribution in [0.25, 0.3) is 5.69 Å². The fraction of sp³-hybridized carbons (Fsp3) is 0.370. The number of aryl methyl sites for hydroxylation is 1. The Labute approximate surface area is 200 Å². The van der Waals surface area contributed by atoms with Crippen LogP contribution in [0, 0.1) is 13.8 Å². The third kappa shape index (κ3) is 4.35. The highest BCUT2D eigenvalue weighted by Crippen LogP contribution is 2.28. The molecule has 0 unspecified atom stereocenters. The van der Waals surface area contributed by atoms with Gasteiger partial charge < -0.3 is 10.2 Å². The molecule has 1 aromatic heterocycles. The summed E-state index contributed by atoms with van der Waals surface area (Å²) < 4.78 is 1.95. The molecule has 5 rings (SSSR count). The Balaban J connectivity index is 1.21. The van der Waals surface area contributed by atoms with Gasteiger partial charge in [0.25, 0.3) is 5.91 Å². The first-order valence-electron chi connectivity index (χ1n) is 12.0. The van der Waals surface area contributed by atoms with Crippen molar-refractivity contribution >= 4 is 17.5 Å². The first-order valence-corrected chi connectivity index (χ1v) is 12.0. The molecule has 34 heavy (non-hydrogen) atoms. The van der Waals surface area contributed by atoms with Crippen LogP contribution in [0.2, 0.25) is 0 Å². The number of hydrogen-bond acceptors (Lipinski definition) is 4. The molecule has 1 N–H and O–H groups in total. The van der Waals surface area contributed by atoms with Crippen molar-refractivity contribution in [1.82, 2.24) is 19.6 Å². The van der Waals surface area contributed by atoms with Gasteiger partial charge in [-0.1, -0.05) is 30.3 Å². The number of amides is 2. The van der Waals surface area contributed by atoms with Gasteiger partial charge >= 0.3 is 0 Å². The Morgan fingerprint density at radius 3 is 2.47 bits per heavy atom. The number of piperazine rings is 1. The maximum atomic E-state index is 13.4. The number of carbonyl (C=O) groups is 2. The SMILES string of the molecule is Cc1cccc(NC(=O)CN2CCN(C(=O)c3nn(-c4ccccc4)c4c3CCC4)CC2)c1C. The van der Waals surface area contributed by atoms with Crippen LogP contribution in [0.1, 0.15) is 39.3 Å². The lowest BCUT2D eigenvalue weighted by atomic mass is 10.1. The summed E-state index contributed by atoms with van der Waals surface area (Å²) in [5.74, 6) is -0.0137. The molecule has 176 valence electrons. The fourth-order valence-corrected chi connectivity index (χ4v) is 4.93. The number of para-hydroxylation sites is 1. The van der Waals surface area contributed by atoms with E-state index in [1.165, 1.54) is 0 Å². The number of rotatable bonds is 5. The van der Waals surface area contributed by atoms with E-state index >= 15 is 0 Å². The molecule has 0 atom stereocenters. The van der Waals surface area contributed by atoms with Crippen LogP contribution in [0.3, 0.4) is 0 Å². The zero-order valence-electron chi connectivity index (χ0n) is 19.9. The van der Waals surface area contributed by atoms with Crippen molar-refractivity contribution in [3.63, 3.8) is 0 Å². The molecule has 3 aromatic rings. The molecule has 1 fully saturated rings. The summed E-state index contributed by atoms with van der Waals surface area (Å²) in [5, 5.41) is 7.79. The van der Waals surface area contributed by atoms with Gasteiger partial charge in [-0.2, -0.15) is 5.10 Å². The summed E-state index contributed by atoms with van der Waals surface area (Å²) in [5.41, 5.74) is 6.97. The van der Waals surface area contributed by atoms with Gasteiger partial charge in [0, 0.05) is 43.1 Å². The van der Waals surface area contributed by atoms with Crippen molar-refractivity contribution in [2.45, 2.75) is 33.1 Å². The van der Waals surface area contributed by atoms with Gasteiger partial charge in [0.2, 0.25) is 5.91 Å². The van der Waals surface area contributed by atoms with Gasteiger partial charge in [0.15, 0.2) is 5.69 Å². The van der Waals surface area contributed by atoms with E-state index in [2.05, 4.69) is 10.2 Å². The van der Waals surface area contributed by atoms with Crippen LogP contribution in [-0.2, 0) is 17.6 Å². The zero-order chi connectivity index (χ0) is 23.7. The van der Waals surface area contributed by atoms with Crippen molar-refractivity contribution in [3.05, 3.63) is 76.6 Å². The average Bonchev–Trinajstić information content (AvgIpc) is 3.46. The summed E-state index contributed by atoms with van der Waals surface area (Å²) >= 11 is 0. The Morgan fingerprint density at radius 1 is 0.941 bits per heavy atom. The zero-order valence-corrected chi connectivity index (χ0v) is 19.9. The van der Waals surface area contributed by atoms with Crippen LogP contribution in [0.4, 0.5) is 5.69 Å². The van der Waals surface area contributed by atoms with Gasteiger partial charge in [-0.15, -0.1) is 0 Å². The molecule has 7 nitrogen and oxygen atoms in total. The van der Waals surface area contributed by atoms with E-state index < -0.39 is 0 Å². The molecule has 0 spiro atoms. The number of anilines is 1. The summed E-state index contributed by atoms with van der Waals surface area (Å²) in [4.78, 5) is 30.0. The number of hydrogen-bond donors (Lipinski definition) is 1. The molecule has 2 heterocycles. The number of benzene rings is 2. The van der Waals surface area contributed by atoms with Crippen molar-refractivity contribution in [1.29, 1.82) is 0 Å². The second-order valence-corrected chi connectivity index (χ2v) is 9.24. The maximum absolute atomic E-state index is 13.4. The van der Waals surface area contributed by atoms with E-state index in [1.54, 1.807) is 0 Å². The van der Waals surface area contributed by atoms with Crippen molar-refractivity contribution in [2.75, 3.05) is 38.0 Å². The number of aromatic nitrogens is 2. The molecule has 2 amide bonds. The molecule has 0 radical (unpaired) electrons. The smallest absolute Gasteiger partial charge is 0.274 e. The number of nitrogens with zero attached hydrogens (tertiary/aromatic N) is 4. The predicted octanol–water partition coefficient (Wildman–Crippen LogP) is 3.37. The molecule has 2 aromatic carbocycles. The van der Waals surface area contributed by atoms with Crippen LogP contribution in [-0.4, -0.2) is 64.1 Å². The first kappa shape index (κ1) is 22.3. The fourth-order valence-electron chi connectivity index (χ4n) is 4.93. The third-order valence-corrected chi connectivity index (χ3v) is 7.04. The number of fused-ring (bicyclic) bond motifs is 1. The highest BCUT2D eigenvalue weighted by atomic mass is 16.2. The Morgan fingerprint density at radius 2 is 1.71 bits per heavy atom. The van der Waals surface area contributed by atoms with Crippen molar-refractivity contribution in [3.8, 4) is 5.69 Å². The van der Waals surface area contributed by atoms with E-state index in [9.17, 15) is 9.59 Å². The summed E-state index contributed by atoms with van der Waals surface area (Å²) in [6, 6.07) is 16.0. The minimum Gasteiger partial charge on any atom is -0.335 e. The summed E-state index contributed by atoms with van der Waals surface area (Å²) in [6.45, 7) is 6.93. The minimum absolute atomic E-state index is 0.00678. The average molecular weight is 458 g/mol. The van der Waals surface area contributed by atoms with Crippen LogP contribution in [0.5, 0.6) is 0 Å². The van der Waals surface area contributed by atoms with E-state index in [4.69, 9.17) is 5.10 Å². The second kappa shape index (κ2) is 9.43. The molecule has 0 bridgehead atoms. The topological polar surface area (TPSA) is 70.5 Å². The number of carbonyl (C=O) groups excluding carboxylic acids is 2. The predicted molar refractivity (Wildman–Crippen MR) is 132 cm³/mol. The van der Waals surface area contributed by atoms with Gasteiger partial charge in [-0.25, -0.2) is 4.68 Å². The van der Waals surface area contributed by atoms with Crippen LogP contribution in [0.15, 0.2) is 48.5 Å². The Kier molecular flexibility index (Phi) is 6.20. The van der Waals surface area contributed by atoms with Gasteiger partial charge in [0.1, 0.15) is 0 Å². The lowest BCUT2D eigenvalue weighted by Gasteiger charge is -2.34. The lowest BCUT2D eigenvalue weighted by Crippen LogP contribution is -2.50. The van der Waals surface area contributed by atoms with Crippen molar-refractivity contribution in [2.24, 2.45) is 0 Å². The highest BCUT2D eigenvalue weighted by molar-refractivity contribution is 5.95. The molecular formula is C27H31N5O2. The van der Waals surface area contributed by atoms with Crippen LogP contribution < -0.4 is 5.32 Å². The van der Waals surface area contributed by atoms with Gasteiger partial charge in [0.05, 0.1) is 12.2 Å². The van der Waals surface area contributed by atoms with Crippen LogP contribution >= 0.6 is 0 Å². The van der Waals surface area contributed by atoms with E-state index in [0.717, 1.165) is 53.0 Å². The molecule has 0 saturated carbocycles. The highest BCUT2D eigenvalue weighted by Gasteiger charge is 2.31. The summed E-state index contributed by atoms with van der Waals surface area (Å²) in [7, 11) is 0. The normalized spacial score (nSPS) is 15.9. The Bertz CT molecular complexity index is 1210. The largest absolute Gasteiger partial charge is 0.335 e. The van der Waals surface area contributed by atoms with Gasteiger partial charge in [-0.05, 0) is 62.4 Å². The molecule has 1 aliphatic heterocycles. The lowest BCUT2D eigenvalue weighted by molar-refractivity contribution is -0.117. The molecular weight excluding hydrogens is 426 g/mol. The maximum Gasteiger partial charge on any atom is 0.274 e. The second-order valence-electron chi connectivity index (χ2n) is 9.24.